The third-order valence-corrected chi connectivity index (χ3v) is 2.72. The number of benzene rings is 1. The fraction of sp³-hybridized carbons (Fsp3) is 0.417. The molecule has 4 nitrogen and oxygen atoms in total. The molecule has 5 heteroatoms. The molecule has 92 valence electrons. The molecule has 1 amide bonds. The molecular weight excluding hydrogens is 225 g/mol. The van der Waals surface area contributed by atoms with Crippen LogP contribution in [-0.4, -0.2) is 36.9 Å². The van der Waals surface area contributed by atoms with Crippen LogP contribution in [0.4, 0.5) is 10.1 Å². The third-order valence-electron chi connectivity index (χ3n) is 2.72. The van der Waals surface area contributed by atoms with Crippen molar-refractivity contribution < 1.29 is 19.0 Å². The van der Waals surface area contributed by atoms with E-state index < -0.39 is 0 Å². The molecule has 17 heavy (non-hydrogen) atoms. The summed E-state index contributed by atoms with van der Waals surface area (Å²) in [4.78, 5) is 13.3. The number of nitrogens with zero attached hydrogens (tertiary/aromatic N) is 1. The summed E-state index contributed by atoms with van der Waals surface area (Å²) >= 11 is 0. The Morgan fingerprint density at radius 1 is 1.53 bits per heavy atom. The molecule has 0 aliphatic carbocycles. The van der Waals surface area contributed by atoms with Crippen LogP contribution in [0.5, 0.6) is 0 Å². The van der Waals surface area contributed by atoms with E-state index in [0.717, 1.165) is 0 Å². The molecule has 1 aliphatic rings. The smallest absolute Gasteiger partial charge is 0.253 e. The maximum Gasteiger partial charge on any atom is 0.253 e. The average Bonchev–Trinajstić information content (AvgIpc) is 2.29. The standard InChI is InChI=1S/C12H14FNO3/c13-9-2-1-3-10(6-9)14-11(4-5-15)7-17-8-12(14)16/h1-3,6,11,15H,4-5,7-8H2. The van der Waals surface area contributed by atoms with Gasteiger partial charge in [-0.25, -0.2) is 4.39 Å². The Morgan fingerprint density at radius 3 is 3.06 bits per heavy atom. The van der Waals surface area contributed by atoms with Crippen LogP contribution in [0.1, 0.15) is 6.42 Å². The van der Waals surface area contributed by atoms with Crippen LogP contribution in [0.2, 0.25) is 0 Å². The summed E-state index contributed by atoms with van der Waals surface area (Å²) in [6.45, 7) is 0.328. The van der Waals surface area contributed by atoms with Crippen LogP contribution in [0.3, 0.4) is 0 Å². The first-order valence-corrected chi connectivity index (χ1v) is 5.48. The summed E-state index contributed by atoms with van der Waals surface area (Å²) in [6, 6.07) is 5.64. The monoisotopic (exact) mass is 239 g/mol. The van der Waals surface area contributed by atoms with Crippen LogP contribution in [0, 0.1) is 5.82 Å². The van der Waals surface area contributed by atoms with Crippen LogP contribution < -0.4 is 4.90 Å². The number of aliphatic hydroxyl groups excluding tert-OH is 1. The first kappa shape index (κ1) is 12.0. The van der Waals surface area contributed by atoms with Gasteiger partial charge in [0.1, 0.15) is 12.4 Å². The number of carbonyl (C=O) groups excluding carboxylic acids is 1. The number of halogens is 1. The second-order valence-electron chi connectivity index (χ2n) is 3.92. The van der Waals surface area contributed by atoms with E-state index >= 15 is 0 Å². The van der Waals surface area contributed by atoms with Crippen molar-refractivity contribution in [3.8, 4) is 0 Å². The summed E-state index contributed by atoms with van der Waals surface area (Å²) in [6.07, 6.45) is 0.419. The van der Waals surface area contributed by atoms with E-state index in [0.29, 0.717) is 18.7 Å². The highest BCUT2D eigenvalue weighted by Crippen LogP contribution is 2.22. The van der Waals surface area contributed by atoms with Crippen molar-refractivity contribution in [2.24, 2.45) is 0 Å². The van der Waals surface area contributed by atoms with Crippen molar-refractivity contribution in [1.29, 1.82) is 0 Å². The Hall–Kier alpha value is -1.46. The van der Waals surface area contributed by atoms with E-state index in [1.165, 1.54) is 17.0 Å². The van der Waals surface area contributed by atoms with Gasteiger partial charge in [-0.3, -0.25) is 4.79 Å². The van der Waals surface area contributed by atoms with Gasteiger partial charge in [-0.2, -0.15) is 0 Å². The molecule has 1 unspecified atom stereocenters. The summed E-state index contributed by atoms with van der Waals surface area (Å²) in [5.41, 5.74) is 0.511. The summed E-state index contributed by atoms with van der Waals surface area (Å²) in [5.74, 6) is -0.593. The molecule has 1 fully saturated rings. The minimum atomic E-state index is -0.385. The van der Waals surface area contributed by atoms with Gasteiger partial charge in [0.15, 0.2) is 0 Å². The number of amides is 1. The second kappa shape index (κ2) is 5.25. The normalized spacial score (nSPS) is 20.7. The molecule has 0 saturated carbocycles. The number of morpholine rings is 1. The molecule has 1 heterocycles. The van der Waals surface area contributed by atoms with Crippen molar-refractivity contribution in [3.63, 3.8) is 0 Å². The number of rotatable bonds is 3. The SMILES string of the molecule is O=C1COCC(CCO)N1c1cccc(F)c1. The van der Waals surface area contributed by atoms with Gasteiger partial charge in [-0.1, -0.05) is 6.07 Å². The first-order chi connectivity index (χ1) is 8.22. The van der Waals surface area contributed by atoms with E-state index in [1.807, 2.05) is 0 Å². The quantitative estimate of drug-likeness (QED) is 0.854. The lowest BCUT2D eigenvalue weighted by Crippen LogP contribution is -2.50. The zero-order valence-corrected chi connectivity index (χ0v) is 9.30. The average molecular weight is 239 g/mol. The number of hydrogen-bond donors (Lipinski definition) is 1. The van der Waals surface area contributed by atoms with Crippen molar-refractivity contribution in [1.82, 2.24) is 0 Å². The number of carbonyl (C=O) groups is 1. The highest BCUT2D eigenvalue weighted by Gasteiger charge is 2.29. The highest BCUT2D eigenvalue weighted by atomic mass is 19.1. The molecule has 1 N–H and O–H groups in total. The molecule has 1 atom stereocenters. The number of hydrogen-bond acceptors (Lipinski definition) is 3. The Bertz CT molecular complexity index is 408. The number of ether oxygens (including phenoxy) is 1. The van der Waals surface area contributed by atoms with E-state index in [-0.39, 0.29) is 31.0 Å². The first-order valence-electron chi connectivity index (χ1n) is 5.48. The molecular formula is C12H14FNO3. The zero-order valence-electron chi connectivity index (χ0n) is 9.30. The maximum absolute atomic E-state index is 13.1. The Balaban J connectivity index is 2.27. The zero-order chi connectivity index (χ0) is 12.3. The molecule has 1 aliphatic heterocycles. The van der Waals surface area contributed by atoms with Gasteiger partial charge in [0.05, 0.1) is 12.6 Å². The molecule has 0 bridgehead atoms. The van der Waals surface area contributed by atoms with Crippen LogP contribution in [0.15, 0.2) is 24.3 Å². The molecule has 1 saturated heterocycles. The third kappa shape index (κ3) is 2.62. The van der Waals surface area contributed by atoms with E-state index in [4.69, 9.17) is 9.84 Å². The number of aliphatic hydroxyl groups is 1. The highest BCUT2D eigenvalue weighted by molar-refractivity contribution is 5.95. The minimum absolute atomic E-state index is 0.00155. The summed E-state index contributed by atoms with van der Waals surface area (Å²) in [7, 11) is 0. The van der Waals surface area contributed by atoms with Crippen molar-refractivity contribution in [3.05, 3.63) is 30.1 Å². The van der Waals surface area contributed by atoms with Gasteiger partial charge in [0.25, 0.3) is 5.91 Å². The van der Waals surface area contributed by atoms with E-state index in [1.54, 1.807) is 12.1 Å². The molecule has 0 aromatic heterocycles. The largest absolute Gasteiger partial charge is 0.396 e. The van der Waals surface area contributed by atoms with Crippen LogP contribution in [-0.2, 0) is 9.53 Å². The predicted molar refractivity (Wildman–Crippen MR) is 60.2 cm³/mol. The molecule has 0 spiro atoms. The second-order valence-corrected chi connectivity index (χ2v) is 3.92. The van der Waals surface area contributed by atoms with Gasteiger partial charge < -0.3 is 14.7 Å². The van der Waals surface area contributed by atoms with Gasteiger partial charge >= 0.3 is 0 Å². The van der Waals surface area contributed by atoms with Crippen LogP contribution >= 0.6 is 0 Å². The lowest BCUT2D eigenvalue weighted by atomic mass is 10.1. The van der Waals surface area contributed by atoms with Gasteiger partial charge in [0.2, 0.25) is 0 Å². The molecule has 1 aromatic carbocycles. The van der Waals surface area contributed by atoms with Gasteiger partial charge in [-0.05, 0) is 24.6 Å². The van der Waals surface area contributed by atoms with Crippen molar-refractivity contribution in [2.45, 2.75) is 12.5 Å². The maximum atomic E-state index is 13.1. The Labute approximate surface area is 98.6 Å². The van der Waals surface area contributed by atoms with Crippen molar-refractivity contribution in [2.75, 3.05) is 24.7 Å². The Morgan fingerprint density at radius 2 is 2.35 bits per heavy atom. The fourth-order valence-corrected chi connectivity index (χ4v) is 1.97. The molecule has 1 aromatic rings. The van der Waals surface area contributed by atoms with E-state index in [9.17, 15) is 9.18 Å². The number of anilines is 1. The molecule has 2 rings (SSSR count). The van der Waals surface area contributed by atoms with Crippen LogP contribution in [0.25, 0.3) is 0 Å². The minimum Gasteiger partial charge on any atom is -0.396 e. The fourth-order valence-electron chi connectivity index (χ4n) is 1.97. The van der Waals surface area contributed by atoms with Crippen molar-refractivity contribution >= 4 is 11.6 Å². The summed E-state index contributed by atoms with van der Waals surface area (Å²) < 4.78 is 18.3. The predicted octanol–water partition coefficient (Wildman–Crippen LogP) is 0.940. The summed E-state index contributed by atoms with van der Waals surface area (Å²) in [5, 5.41) is 8.96. The van der Waals surface area contributed by atoms with E-state index in [2.05, 4.69) is 0 Å². The topological polar surface area (TPSA) is 49.8 Å². The van der Waals surface area contributed by atoms with Gasteiger partial charge in [-0.15, -0.1) is 0 Å². The Kier molecular flexibility index (Phi) is 3.71. The lowest BCUT2D eigenvalue weighted by molar-refractivity contribution is -0.127. The molecule has 0 radical (unpaired) electrons. The lowest BCUT2D eigenvalue weighted by Gasteiger charge is -2.35. The van der Waals surface area contributed by atoms with Gasteiger partial charge in [0, 0.05) is 12.3 Å².